The molecule has 4 atom stereocenters. The van der Waals surface area contributed by atoms with Gasteiger partial charge in [0.2, 0.25) is 5.91 Å². The molecule has 18 heavy (non-hydrogen) atoms. The summed E-state index contributed by atoms with van der Waals surface area (Å²) in [6.45, 7) is 1.82. The van der Waals surface area contributed by atoms with Crippen molar-refractivity contribution in [2.45, 2.75) is 50.8 Å². The van der Waals surface area contributed by atoms with E-state index in [1.54, 1.807) is 0 Å². The first-order valence-electron chi connectivity index (χ1n) is 6.17. The summed E-state index contributed by atoms with van der Waals surface area (Å²) in [5.41, 5.74) is 5.01. The number of nitrogens with two attached hydrogens (primary N) is 1. The van der Waals surface area contributed by atoms with Crippen molar-refractivity contribution in [3.8, 4) is 0 Å². The molecule has 1 fully saturated rings. The fourth-order valence-corrected chi connectivity index (χ4v) is 2.13. The van der Waals surface area contributed by atoms with Gasteiger partial charge in [0.15, 0.2) is 5.78 Å². The van der Waals surface area contributed by atoms with E-state index in [9.17, 15) is 19.5 Å². The highest BCUT2D eigenvalue weighted by Gasteiger charge is 2.35. The van der Waals surface area contributed by atoms with E-state index in [0.29, 0.717) is 12.7 Å². The van der Waals surface area contributed by atoms with Crippen molar-refractivity contribution in [2.75, 3.05) is 0 Å². The second-order valence-corrected chi connectivity index (χ2v) is 4.87. The number of aldehydes is 1. The molecule has 102 valence electrons. The Bertz CT molecular complexity index is 332. The van der Waals surface area contributed by atoms with Crippen molar-refractivity contribution < 1.29 is 19.5 Å². The summed E-state index contributed by atoms with van der Waals surface area (Å²) in [5, 5.41) is 12.5. The van der Waals surface area contributed by atoms with Crippen LogP contribution in [0.2, 0.25) is 0 Å². The van der Waals surface area contributed by atoms with Crippen molar-refractivity contribution in [2.24, 2.45) is 11.7 Å². The molecule has 1 amide bonds. The third-order valence-corrected chi connectivity index (χ3v) is 3.37. The number of ketones is 1. The maximum Gasteiger partial charge on any atom is 0.217 e. The van der Waals surface area contributed by atoms with Crippen LogP contribution in [0.3, 0.4) is 0 Å². The molecule has 0 spiro atoms. The van der Waals surface area contributed by atoms with Gasteiger partial charge in [0.05, 0.1) is 12.1 Å². The van der Waals surface area contributed by atoms with E-state index in [1.807, 2.05) is 6.92 Å². The van der Waals surface area contributed by atoms with Gasteiger partial charge in [-0.25, -0.2) is 0 Å². The Morgan fingerprint density at radius 3 is 2.83 bits per heavy atom. The van der Waals surface area contributed by atoms with Crippen molar-refractivity contribution in [1.29, 1.82) is 0 Å². The highest BCUT2D eigenvalue weighted by atomic mass is 16.3. The molecule has 1 aliphatic carbocycles. The molecule has 3 unspecified atom stereocenters. The Morgan fingerprint density at radius 2 is 2.28 bits per heavy atom. The zero-order valence-electron chi connectivity index (χ0n) is 10.5. The van der Waals surface area contributed by atoms with Crippen LogP contribution in [0.15, 0.2) is 0 Å². The summed E-state index contributed by atoms with van der Waals surface area (Å²) in [6, 6.07) is -1.09. The molecule has 0 heterocycles. The molecular formula is C12H20N2O4. The van der Waals surface area contributed by atoms with E-state index in [-0.39, 0.29) is 24.5 Å². The summed E-state index contributed by atoms with van der Waals surface area (Å²) >= 11 is 0. The average molecular weight is 256 g/mol. The summed E-state index contributed by atoms with van der Waals surface area (Å²) in [7, 11) is 0. The van der Waals surface area contributed by atoms with Crippen LogP contribution in [0, 0.1) is 5.92 Å². The second kappa shape index (κ2) is 6.61. The van der Waals surface area contributed by atoms with Gasteiger partial charge in [-0.05, 0) is 25.2 Å². The molecule has 0 radical (unpaired) electrons. The Hall–Kier alpha value is -1.27. The standard InChI is InChI=1S/C12H20N2O4/c1-7-2-4-9(12(18)11(7)17)14-8(6-15)3-5-10(13)16/h6-9,11,14,17H,2-5H2,1H3,(H2,13,16)/t7?,8-,9?,11?/m0/s1. The number of amides is 1. The lowest BCUT2D eigenvalue weighted by atomic mass is 9.83. The molecule has 1 rings (SSSR count). The Morgan fingerprint density at radius 1 is 1.61 bits per heavy atom. The lowest BCUT2D eigenvalue weighted by Crippen LogP contribution is -2.52. The number of hydrogen-bond donors (Lipinski definition) is 3. The van der Waals surface area contributed by atoms with Crippen LogP contribution in [0.5, 0.6) is 0 Å². The number of hydrogen-bond acceptors (Lipinski definition) is 5. The van der Waals surface area contributed by atoms with Gasteiger partial charge >= 0.3 is 0 Å². The van der Waals surface area contributed by atoms with Crippen molar-refractivity contribution in [1.82, 2.24) is 5.32 Å². The van der Waals surface area contributed by atoms with E-state index in [1.165, 1.54) is 0 Å². The fourth-order valence-electron chi connectivity index (χ4n) is 2.13. The summed E-state index contributed by atoms with van der Waals surface area (Å²) in [5.74, 6) is -0.803. The van der Waals surface area contributed by atoms with Gasteiger partial charge in [0.1, 0.15) is 12.4 Å². The Labute approximate surface area is 106 Å². The molecule has 1 aliphatic rings. The lowest BCUT2D eigenvalue weighted by molar-refractivity contribution is -0.135. The number of primary amides is 1. The van der Waals surface area contributed by atoms with Gasteiger partial charge in [-0.15, -0.1) is 0 Å². The molecule has 0 aromatic carbocycles. The maximum absolute atomic E-state index is 11.8. The maximum atomic E-state index is 11.8. The number of carbonyl (C=O) groups excluding carboxylic acids is 3. The van der Waals surface area contributed by atoms with E-state index in [0.717, 1.165) is 6.42 Å². The first kappa shape index (κ1) is 14.8. The third kappa shape index (κ3) is 3.89. The number of aliphatic hydroxyl groups excluding tert-OH is 1. The molecule has 0 aliphatic heterocycles. The van der Waals surface area contributed by atoms with Crippen molar-refractivity contribution in [3.05, 3.63) is 0 Å². The highest BCUT2D eigenvalue weighted by molar-refractivity contribution is 5.89. The van der Waals surface area contributed by atoms with E-state index < -0.39 is 24.1 Å². The molecule has 0 aromatic rings. The minimum atomic E-state index is -0.973. The van der Waals surface area contributed by atoms with Crippen molar-refractivity contribution in [3.63, 3.8) is 0 Å². The third-order valence-electron chi connectivity index (χ3n) is 3.37. The van der Waals surface area contributed by atoms with E-state index >= 15 is 0 Å². The zero-order chi connectivity index (χ0) is 13.7. The van der Waals surface area contributed by atoms with Gasteiger partial charge < -0.3 is 15.6 Å². The van der Waals surface area contributed by atoms with Crippen LogP contribution < -0.4 is 11.1 Å². The Balaban J connectivity index is 2.51. The number of nitrogens with one attached hydrogen (secondary N) is 1. The molecule has 0 bridgehead atoms. The van der Waals surface area contributed by atoms with Crippen LogP contribution in [-0.4, -0.2) is 41.3 Å². The summed E-state index contributed by atoms with van der Waals surface area (Å²) < 4.78 is 0. The first-order valence-corrected chi connectivity index (χ1v) is 6.17. The van der Waals surface area contributed by atoms with Gasteiger partial charge in [0, 0.05) is 6.42 Å². The molecule has 1 saturated carbocycles. The van der Waals surface area contributed by atoms with Crippen LogP contribution in [0.1, 0.15) is 32.6 Å². The molecule has 0 aromatic heterocycles. The first-order chi connectivity index (χ1) is 8.45. The van der Waals surface area contributed by atoms with Gasteiger partial charge in [-0.1, -0.05) is 6.92 Å². The Kier molecular flexibility index (Phi) is 5.43. The van der Waals surface area contributed by atoms with E-state index in [2.05, 4.69) is 5.32 Å². The van der Waals surface area contributed by atoms with Crippen LogP contribution in [0.25, 0.3) is 0 Å². The van der Waals surface area contributed by atoms with Crippen LogP contribution >= 0.6 is 0 Å². The summed E-state index contributed by atoms with van der Waals surface area (Å²) in [4.78, 5) is 33.3. The van der Waals surface area contributed by atoms with Gasteiger partial charge in [-0.2, -0.15) is 0 Å². The van der Waals surface area contributed by atoms with Crippen molar-refractivity contribution >= 4 is 18.0 Å². The molecular weight excluding hydrogens is 236 g/mol. The fraction of sp³-hybridized carbons (Fsp3) is 0.750. The van der Waals surface area contributed by atoms with Crippen LogP contribution in [-0.2, 0) is 14.4 Å². The molecule has 4 N–H and O–H groups in total. The minimum absolute atomic E-state index is 0.0455. The minimum Gasteiger partial charge on any atom is -0.385 e. The molecule has 0 saturated heterocycles. The number of aliphatic hydroxyl groups is 1. The second-order valence-electron chi connectivity index (χ2n) is 4.87. The highest BCUT2D eigenvalue weighted by Crippen LogP contribution is 2.22. The normalized spacial score (nSPS) is 29.9. The predicted molar refractivity (Wildman–Crippen MR) is 64.6 cm³/mol. The smallest absolute Gasteiger partial charge is 0.217 e. The van der Waals surface area contributed by atoms with E-state index in [4.69, 9.17) is 5.73 Å². The number of Topliss-reactive ketones (excluding diaryl/α,β-unsaturated/α-hetero) is 1. The summed E-state index contributed by atoms with van der Waals surface area (Å²) in [6.07, 6.45) is 1.38. The van der Waals surface area contributed by atoms with Gasteiger partial charge in [-0.3, -0.25) is 14.9 Å². The predicted octanol–water partition coefficient (Wildman–Crippen LogP) is -0.862. The number of carbonyl (C=O) groups is 3. The quantitative estimate of drug-likeness (QED) is 0.536. The van der Waals surface area contributed by atoms with Crippen LogP contribution in [0.4, 0.5) is 0 Å². The zero-order valence-corrected chi connectivity index (χ0v) is 10.5. The monoisotopic (exact) mass is 256 g/mol. The average Bonchev–Trinajstić information content (AvgIpc) is 2.34. The molecule has 6 nitrogen and oxygen atoms in total. The number of rotatable bonds is 6. The topological polar surface area (TPSA) is 109 Å². The largest absolute Gasteiger partial charge is 0.385 e. The molecule has 6 heteroatoms. The van der Waals surface area contributed by atoms with Gasteiger partial charge in [0.25, 0.3) is 0 Å². The lowest BCUT2D eigenvalue weighted by Gasteiger charge is -2.31. The SMILES string of the molecule is CC1CCC(N[C@H](C=O)CCC(N)=O)C(=O)C1O.